The van der Waals surface area contributed by atoms with Gasteiger partial charge in [-0.05, 0) is 17.7 Å². The summed E-state index contributed by atoms with van der Waals surface area (Å²) in [5.41, 5.74) is 0.913. The first-order valence-electron chi connectivity index (χ1n) is 5.64. The number of rotatable bonds is 6. The number of amides is 1. The first-order valence-corrected chi connectivity index (χ1v) is 7.48. The van der Waals surface area contributed by atoms with Gasteiger partial charge in [-0.3, -0.25) is 4.79 Å². The minimum absolute atomic E-state index is 0.186. The van der Waals surface area contributed by atoms with Crippen molar-refractivity contribution in [2.24, 2.45) is 0 Å². The maximum atomic E-state index is 11.6. The lowest BCUT2D eigenvalue weighted by Gasteiger charge is -2.13. The second kappa shape index (κ2) is 6.53. The van der Waals surface area contributed by atoms with Crippen LogP contribution in [0, 0.1) is 0 Å². The van der Waals surface area contributed by atoms with Gasteiger partial charge in [-0.2, -0.15) is 4.31 Å². The maximum absolute atomic E-state index is 11.6. The minimum atomic E-state index is -3.33. The maximum Gasteiger partial charge on any atom is 0.235 e. The van der Waals surface area contributed by atoms with E-state index in [1.54, 1.807) is 19.2 Å². The monoisotopic (exact) mass is 286 g/mol. The fraction of sp³-hybridized carbons (Fsp3) is 0.417. The Kier molecular flexibility index (Phi) is 5.31. The second-order valence-corrected chi connectivity index (χ2v) is 6.23. The minimum Gasteiger partial charge on any atom is -0.497 e. The average molecular weight is 286 g/mol. The van der Waals surface area contributed by atoms with Gasteiger partial charge in [0.2, 0.25) is 15.9 Å². The molecule has 0 bridgehead atoms. The van der Waals surface area contributed by atoms with Crippen molar-refractivity contribution < 1.29 is 17.9 Å². The largest absolute Gasteiger partial charge is 0.497 e. The quantitative estimate of drug-likeness (QED) is 0.810. The zero-order valence-corrected chi connectivity index (χ0v) is 12.0. The molecule has 0 radical (unpaired) electrons. The summed E-state index contributed by atoms with van der Waals surface area (Å²) in [6.07, 6.45) is 1.06. The molecule has 0 aliphatic heterocycles. The smallest absolute Gasteiger partial charge is 0.235 e. The standard InChI is InChI=1S/C12H18N2O4S/c1-14(19(3,16)17)9-12(15)13-8-10-4-6-11(18-2)7-5-10/h4-7H,8-9H2,1-3H3,(H,13,15). The molecule has 1 aromatic carbocycles. The van der Waals surface area contributed by atoms with Crippen LogP contribution in [0.4, 0.5) is 0 Å². The van der Waals surface area contributed by atoms with Crippen LogP contribution in [0.5, 0.6) is 5.75 Å². The summed E-state index contributed by atoms with van der Waals surface area (Å²) < 4.78 is 28.3. The second-order valence-electron chi connectivity index (χ2n) is 4.14. The summed E-state index contributed by atoms with van der Waals surface area (Å²) in [5, 5.41) is 2.65. The van der Waals surface area contributed by atoms with Crippen LogP contribution in [-0.4, -0.2) is 45.6 Å². The van der Waals surface area contributed by atoms with Crippen LogP contribution in [0.3, 0.4) is 0 Å². The number of hydrogen-bond acceptors (Lipinski definition) is 4. The topological polar surface area (TPSA) is 75.7 Å². The number of carbonyl (C=O) groups excluding carboxylic acids is 1. The molecule has 0 aromatic heterocycles. The number of carbonyl (C=O) groups is 1. The highest BCUT2D eigenvalue weighted by Crippen LogP contribution is 2.10. The van der Waals surface area contributed by atoms with Gasteiger partial charge in [0.15, 0.2) is 0 Å². The first kappa shape index (κ1) is 15.5. The van der Waals surface area contributed by atoms with Gasteiger partial charge in [0, 0.05) is 13.6 Å². The molecule has 1 amide bonds. The molecule has 0 aliphatic rings. The zero-order chi connectivity index (χ0) is 14.5. The number of likely N-dealkylation sites (N-methyl/N-ethyl adjacent to an activating group) is 1. The van der Waals surface area contributed by atoms with E-state index in [9.17, 15) is 13.2 Å². The van der Waals surface area contributed by atoms with Gasteiger partial charge in [-0.15, -0.1) is 0 Å². The van der Waals surface area contributed by atoms with Crippen molar-refractivity contribution in [1.82, 2.24) is 9.62 Å². The number of methoxy groups -OCH3 is 1. The summed E-state index contributed by atoms with van der Waals surface area (Å²) in [6.45, 7) is 0.162. The lowest BCUT2D eigenvalue weighted by molar-refractivity contribution is -0.121. The van der Waals surface area contributed by atoms with Crippen molar-refractivity contribution in [2.45, 2.75) is 6.54 Å². The van der Waals surface area contributed by atoms with Gasteiger partial charge in [0.25, 0.3) is 0 Å². The van der Waals surface area contributed by atoms with Crippen molar-refractivity contribution in [3.05, 3.63) is 29.8 Å². The Hall–Kier alpha value is -1.60. The molecule has 1 rings (SSSR count). The number of sulfonamides is 1. The Balaban J connectivity index is 2.45. The molecule has 0 fully saturated rings. The molecule has 0 heterocycles. The Bertz CT molecular complexity index is 525. The van der Waals surface area contributed by atoms with Crippen molar-refractivity contribution in [2.75, 3.05) is 27.0 Å². The lowest BCUT2D eigenvalue weighted by Crippen LogP contribution is -2.37. The van der Waals surface area contributed by atoms with E-state index in [1.165, 1.54) is 7.05 Å². The van der Waals surface area contributed by atoms with Crippen LogP contribution in [0.1, 0.15) is 5.56 Å². The number of nitrogens with one attached hydrogen (secondary N) is 1. The molecule has 0 atom stereocenters. The summed E-state index contributed by atoms with van der Waals surface area (Å²) in [6, 6.07) is 7.26. The molecule has 0 saturated heterocycles. The third kappa shape index (κ3) is 5.27. The average Bonchev–Trinajstić information content (AvgIpc) is 2.35. The third-order valence-corrected chi connectivity index (χ3v) is 3.84. The van der Waals surface area contributed by atoms with E-state index < -0.39 is 10.0 Å². The molecule has 0 saturated carbocycles. The van der Waals surface area contributed by atoms with Gasteiger partial charge in [-0.1, -0.05) is 12.1 Å². The Morgan fingerprint density at radius 1 is 1.32 bits per heavy atom. The van der Waals surface area contributed by atoms with Gasteiger partial charge >= 0.3 is 0 Å². The number of benzene rings is 1. The van der Waals surface area contributed by atoms with E-state index in [0.717, 1.165) is 21.9 Å². The van der Waals surface area contributed by atoms with Gasteiger partial charge in [0.1, 0.15) is 5.75 Å². The highest BCUT2D eigenvalue weighted by atomic mass is 32.2. The third-order valence-electron chi connectivity index (χ3n) is 2.58. The predicted molar refractivity (Wildman–Crippen MR) is 72.3 cm³/mol. The molecule has 6 nitrogen and oxygen atoms in total. The van der Waals surface area contributed by atoms with Gasteiger partial charge in [-0.25, -0.2) is 8.42 Å². The van der Waals surface area contributed by atoms with E-state index in [4.69, 9.17) is 4.74 Å². The summed E-state index contributed by atoms with van der Waals surface area (Å²) in [4.78, 5) is 11.6. The Morgan fingerprint density at radius 3 is 2.37 bits per heavy atom. The first-order chi connectivity index (χ1) is 8.82. The van der Waals surface area contributed by atoms with E-state index in [1.807, 2.05) is 12.1 Å². The van der Waals surface area contributed by atoms with Gasteiger partial charge in [0.05, 0.1) is 19.9 Å². The number of ether oxygens (including phenoxy) is 1. The summed E-state index contributed by atoms with van der Waals surface area (Å²) in [7, 11) is -0.389. The van der Waals surface area contributed by atoms with Crippen LogP contribution in [0.15, 0.2) is 24.3 Å². The molecular formula is C12H18N2O4S. The molecule has 1 aromatic rings. The van der Waals surface area contributed by atoms with Crippen LogP contribution < -0.4 is 10.1 Å². The molecule has 0 aliphatic carbocycles. The molecular weight excluding hydrogens is 268 g/mol. The van der Waals surface area contributed by atoms with Crippen LogP contribution in [-0.2, 0) is 21.4 Å². The van der Waals surface area contributed by atoms with E-state index in [2.05, 4.69) is 5.32 Å². The fourth-order valence-corrected chi connectivity index (χ4v) is 1.67. The Morgan fingerprint density at radius 2 is 1.89 bits per heavy atom. The SMILES string of the molecule is COc1ccc(CNC(=O)CN(C)S(C)(=O)=O)cc1. The van der Waals surface area contributed by atoms with Crippen LogP contribution in [0.2, 0.25) is 0 Å². The van der Waals surface area contributed by atoms with Crippen molar-refractivity contribution >= 4 is 15.9 Å². The molecule has 106 valence electrons. The summed E-state index contributed by atoms with van der Waals surface area (Å²) >= 11 is 0. The van der Waals surface area contributed by atoms with Crippen LogP contribution in [0.25, 0.3) is 0 Å². The van der Waals surface area contributed by atoms with E-state index in [0.29, 0.717) is 6.54 Å². The molecule has 1 N–H and O–H groups in total. The summed E-state index contributed by atoms with van der Waals surface area (Å²) in [5.74, 6) is 0.399. The van der Waals surface area contributed by atoms with Crippen molar-refractivity contribution in [1.29, 1.82) is 0 Å². The lowest BCUT2D eigenvalue weighted by atomic mass is 10.2. The fourth-order valence-electron chi connectivity index (χ4n) is 1.32. The van der Waals surface area contributed by atoms with E-state index in [-0.39, 0.29) is 12.5 Å². The normalized spacial score (nSPS) is 11.4. The van der Waals surface area contributed by atoms with Crippen molar-refractivity contribution in [3.8, 4) is 5.75 Å². The number of nitrogens with zero attached hydrogens (tertiary/aromatic N) is 1. The number of hydrogen-bond donors (Lipinski definition) is 1. The highest BCUT2D eigenvalue weighted by Gasteiger charge is 2.14. The zero-order valence-electron chi connectivity index (χ0n) is 11.2. The van der Waals surface area contributed by atoms with E-state index >= 15 is 0 Å². The molecule has 0 spiro atoms. The molecule has 0 unspecified atom stereocenters. The highest BCUT2D eigenvalue weighted by molar-refractivity contribution is 7.88. The molecule has 19 heavy (non-hydrogen) atoms. The Labute approximate surface area is 113 Å². The predicted octanol–water partition coefficient (Wildman–Crippen LogP) is 0.203. The van der Waals surface area contributed by atoms with Gasteiger partial charge < -0.3 is 10.1 Å². The van der Waals surface area contributed by atoms with Crippen LogP contribution >= 0.6 is 0 Å². The van der Waals surface area contributed by atoms with Crippen molar-refractivity contribution in [3.63, 3.8) is 0 Å². The molecule has 7 heteroatoms.